The first-order valence-electron chi connectivity index (χ1n) is 5.46. The molecule has 2 N–H and O–H groups in total. The Bertz CT molecular complexity index is 583. The summed E-state index contributed by atoms with van der Waals surface area (Å²) < 4.78 is 25.9. The van der Waals surface area contributed by atoms with E-state index in [4.69, 9.17) is 5.11 Å². The molecule has 1 heterocycles. The third-order valence-electron chi connectivity index (χ3n) is 2.84. The van der Waals surface area contributed by atoms with Crippen molar-refractivity contribution in [3.8, 4) is 0 Å². The predicted molar refractivity (Wildman–Crippen MR) is 65.8 cm³/mol. The molecule has 0 bridgehead atoms. The van der Waals surface area contributed by atoms with Crippen LogP contribution in [0.1, 0.15) is 5.56 Å². The fraction of sp³-hybridized carbons (Fsp3) is 0.364. The number of fused-ring (bicyclic) bond motifs is 1. The molecule has 0 saturated carbocycles. The van der Waals surface area contributed by atoms with E-state index in [2.05, 4.69) is 4.72 Å². The molecule has 0 atom stereocenters. The first-order valence-corrected chi connectivity index (χ1v) is 6.94. The van der Waals surface area contributed by atoms with Crippen LogP contribution in [-0.2, 0) is 21.2 Å². The molecule has 1 aliphatic rings. The van der Waals surface area contributed by atoms with Crippen molar-refractivity contribution in [2.24, 2.45) is 0 Å². The second-order valence-electron chi connectivity index (χ2n) is 4.04. The van der Waals surface area contributed by atoms with Gasteiger partial charge in [-0.15, -0.1) is 0 Å². The molecule has 1 aromatic rings. The maximum atomic E-state index is 11.8. The number of anilines is 1. The van der Waals surface area contributed by atoms with Gasteiger partial charge in [0.05, 0.1) is 17.9 Å². The molecule has 1 aromatic carbocycles. The Morgan fingerprint density at radius 1 is 1.44 bits per heavy atom. The van der Waals surface area contributed by atoms with Crippen molar-refractivity contribution in [3.05, 3.63) is 23.8 Å². The van der Waals surface area contributed by atoms with Crippen LogP contribution in [0.2, 0.25) is 0 Å². The summed E-state index contributed by atoms with van der Waals surface area (Å²) in [5.41, 5.74) is 1.44. The standard InChI is InChI=1S/C11H14N2O4S/c1-13-10-3-2-9(6-8(10)7-11(13)15)18(16,17)12-4-5-14/h2-3,6,12,14H,4-5,7H2,1H3. The fourth-order valence-electron chi connectivity index (χ4n) is 1.88. The van der Waals surface area contributed by atoms with E-state index >= 15 is 0 Å². The minimum absolute atomic E-state index is 0.0295. The van der Waals surface area contributed by atoms with Crippen molar-refractivity contribution in [3.63, 3.8) is 0 Å². The van der Waals surface area contributed by atoms with Crippen molar-refractivity contribution in [1.82, 2.24) is 4.72 Å². The molecule has 0 aliphatic carbocycles. The maximum absolute atomic E-state index is 11.8. The lowest BCUT2D eigenvalue weighted by molar-refractivity contribution is -0.117. The number of hydrogen-bond acceptors (Lipinski definition) is 4. The van der Waals surface area contributed by atoms with Gasteiger partial charge < -0.3 is 10.0 Å². The number of rotatable bonds is 4. The summed E-state index contributed by atoms with van der Waals surface area (Å²) in [5.74, 6) is -0.0529. The number of carbonyl (C=O) groups is 1. The molecule has 98 valence electrons. The average Bonchev–Trinajstić information content (AvgIpc) is 2.62. The van der Waals surface area contributed by atoms with Crippen molar-refractivity contribution in [2.45, 2.75) is 11.3 Å². The third kappa shape index (κ3) is 2.24. The van der Waals surface area contributed by atoms with Crippen LogP contribution in [0.25, 0.3) is 0 Å². The van der Waals surface area contributed by atoms with Crippen molar-refractivity contribution in [1.29, 1.82) is 0 Å². The van der Waals surface area contributed by atoms with E-state index in [-0.39, 0.29) is 30.4 Å². The van der Waals surface area contributed by atoms with Crippen LogP contribution in [0.3, 0.4) is 0 Å². The zero-order valence-electron chi connectivity index (χ0n) is 9.88. The normalized spacial score (nSPS) is 15.0. The molecule has 1 amide bonds. The number of carbonyl (C=O) groups excluding carboxylic acids is 1. The Balaban J connectivity index is 2.34. The number of amides is 1. The van der Waals surface area contributed by atoms with Gasteiger partial charge in [-0.25, -0.2) is 13.1 Å². The van der Waals surface area contributed by atoms with Gasteiger partial charge in [0.15, 0.2) is 0 Å². The first kappa shape index (κ1) is 13.0. The summed E-state index contributed by atoms with van der Waals surface area (Å²) in [6.45, 7) is -0.288. The van der Waals surface area contributed by atoms with E-state index < -0.39 is 10.0 Å². The zero-order chi connectivity index (χ0) is 13.3. The van der Waals surface area contributed by atoms with Crippen LogP contribution in [0.4, 0.5) is 5.69 Å². The van der Waals surface area contributed by atoms with E-state index in [9.17, 15) is 13.2 Å². The summed E-state index contributed by atoms with van der Waals surface area (Å²) in [4.78, 5) is 13.1. The van der Waals surface area contributed by atoms with E-state index in [1.54, 1.807) is 13.1 Å². The minimum atomic E-state index is -3.62. The van der Waals surface area contributed by atoms with Crippen LogP contribution in [0.5, 0.6) is 0 Å². The maximum Gasteiger partial charge on any atom is 0.240 e. The first-order chi connectivity index (χ1) is 8.45. The molecule has 2 rings (SSSR count). The molecule has 1 aliphatic heterocycles. The Kier molecular flexibility index (Phi) is 3.38. The lowest BCUT2D eigenvalue weighted by Gasteiger charge is -2.11. The van der Waals surface area contributed by atoms with E-state index in [0.717, 1.165) is 5.69 Å². The monoisotopic (exact) mass is 270 g/mol. The summed E-state index contributed by atoms with van der Waals surface area (Å²) in [7, 11) is -1.96. The number of nitrogens with zero attached hydrogens (tertiary/aromatic N) is 1. The van der Waals surface area contributed by atoms with Gasteiger partial charge in [0.2, 0.25) is 15.9 Å². The second-order valence-corrected chi connectivity index (χ2v) is 5.81. The topological polar surface area (TPSA) is 86.7 Å². The molecular weight excluding hydrogens is 256 g/mol. The van der Waals surface area contributed by atoms with Crippen LogP contribution in [-0.4, -0.2) is 39.6 Å². The van der Waals surface area contributed by atoms with Crippen molar-refractivity contribution < 1.29 is 18.3 Å². The van der Waals surface area contributed by atoms with Gasteiger partial charge in [0, 0.05) is 19.3 Å². The Morgan fingerprint density at radius 3 is 2.83 bits per heavy atom. The molecule has 0 radical (unpaired) electrons. The number of hydrogen-bond donors (Lipinski definition) is 2. The van der Waals surface area contributed by atoms with E-state index in [1.165, 1.54) is 17.0 Å². The van der Waals surface area contributed by atoms with Crippen LogP contribution in [0, 0.1) is 0 Å². The third-order valence-corrected chi connectivity index (χ3v) is 4.30. The predicted octanol–water partition coefficient (Wildman–Crippen LogP) is -0.524. The summed E-state index contributed by atoms with van der Waals surface area (Å²) in [6, 6.07) is 4.57. The Labute approximate surface area is 105 Å². The molecule has 0 aromatic heterocycles. The number of sulfonamides is 1. The molecule has 7 heteroatoms. The molecule has 0 unspecified atom stereocenters. The fourth-order valence-corrected chi connectivity index (χ4v) is 2.95. The zero-order valence-corrected chi connectivity index (χ0v) is 10.7. The van der Waals surface area contributed by atoms with E-state index in [0.29, 0.717) is 5.56 Å². The molecular formula is C11H14N2O4S. The largest absolute Gasteiger partial charge is 0.395 e. The van der Waals surface area contributed by atoms with Crippen molar-refractivity contribution in [2.75, 3.05) is 25.1 Å². The number of aliphatic hydroxyl groups is 1. The van der Waals surface area contributed by atoms with Crippen LogP contribution in [0.15, 0.2) is 23.1 Å². The molecule has 18 heavy (non-hydrogen) atoms. The second kappa shape index (κ2) is 4.68. The molecule has 6 nitrogen and oxygen atoms in total. The number of aliphatic hydroxyl groups excluding tert-OH is 1. The Hall–Kier alpha value is -1.44. The van der Waals surface area contributed by atoms with Gasteiger partial charge in [-0.2, -0.15) is 0 Å². The highest BCUT2D eigenvalue weighted by atomic mass is 32.2. The highest BCUT2D eigenvalue weighted by molar-refractivity contribution is 7.89. The minimum Gasteiger partial charge on any atom is -0.395 e. The van der Waals surface area contributed by atoms with E-state index in [1.807, 2.05) is 0 Å². The highest BCUT2D eigenvalue weighted by Crippen LogP contribution is 2.29. The summed E-state index contributed by atoms with van der Waals surface area (Å²) in [6.07, 6.45) is 0.217. The quantitative estimate of drug-likeness (QED) is 0.770. The lowest BCUT2D eigenvalue weighted by atomic mass is 10.2. The SMILES string of the molecule is CN1C(=O)Cc2cc(S(=O)(=O)NCCO)ccc21. The van der Waals surface area contributed by atoms with Crippen LogP contribution < -0.4 is 9.62 Å². The van der Waals surface area contributed by atoms with Crippen molar-refractivity contribution >= 4 is 21.6 Å². The smallest absolute Gasteiger partial charge is 0.240 e. The molecule has 0 spiro atoms. The summed E-state index contributed by atoms with van der Waals surface area (Å²) >= 11 is 0. The number of nitrogens with one attached hydrogen (secondary N) is 1. The molecule has 0 saturated heterocycles. The lowest BCUT2D eigenvalue weighted by Crippen LogP contribution is -2.26. The summed E-state index contributed by atoms with van der Waals surface area (Å²) in [5, 5.41) is 8.62. The van der Waals surface area contributed by atoms with Gasteiger partial charge in [0.25, 0.3) is 0 Å². The van der Waals surface area contributed by atoms with Gasteiger partial charge in [-0.3, -0.25) is 4.79 Å². The molecule has 0 fully saturated rings. The Morgan fingerprint density at radius 2 is 2.17 bits per heavy atom. The number of likely N-dealkylation sites (N-methyl/N-ethyl adjacent to an activating group) is 1. The highest BCUT2D eigenvalue weighted by Gasteiger charge is 2.25. The van der Waals surface area contributed by atoms with Gasteiger partial charge >= 0.3 is 0 Å². The van der Waals surface area contributed by atoms with Gasteiger partial charge in [-0.05, 0) is 23.8 Å². The number of benzene rings is 1. The van der Waals surface area contributed by atoms with Gasteiger partial charge in [0.1, 0.15) is 0 Å². The van der Waals surface area contributed by atoms with Gasteiger partial charge in [-0.1, -0.05) is 0 Å². The average molecular weight is 270 g/mol. The van der Waals surface area contributed by atoms with Crippen LogP contribution >= 0.6 is 0 Å².